The summed E-state index contributed by atoms with van der Waals surface area (Å²) in [5, 5.41) is 17.8. The van der Waals surface area contributed by atoms with Gasteiger partial charge in [-0.3, -0.25) is 4.79 Å². The molecule has 1 aromatic rings. The van der Waals surface area contributed by atoms with Gasteiger partial charge in [0, 0.05) is 38.2 Å². The molecule has 0 spiro atoms. The van der Waals surface area contributed by atoms with E-state index in [-0.39, 0.29) is 22.8 Å². The fourth-order valence-corrected chi connectivity index (χ4v) is 6.32. The molecule has 0 saturated heterocycles. The minimum Gasteiger partial charge on any atom is -0.496 e. The third kappa shape index (κ3) is 5.46. The van der Waals surface area contributed by atoms with Gasteiger partial charge in [-0.15, -0.1) is 0 Å². The van der Waals surface area contributed by atoms with Crippen molar-refractivity contribution in [2.75, 3.05) is 27.4 Å². The SMILES string of the molecule is COCCNC(=O)CCC12CCC(C)(O)CC1C(C)(C)CC2NCc1ccccc1OC. The van der Waals surface area contributed by atoms with Crippen LogP contribution >= 0.6 is 0 Å². The Labute approximate surface area is 193 Å². The Hall–Kier alpha value is -1.63. The van der Waals surface area contributed by atoms with Gasteiger partial charge in [-0.2, -0.15) is 0 Å². The van der Waals surface area contributed by atoms with Gasteiger partial charge in [-0.1, -0.05) is 32.0 Å². The highest BCUT2D eigenvalue weighted by molar-refractivity contribution is 5.75. The Morgan fingerprint density at radius 2 is 1.91 bits per heavy atom. The van der Waals surface area contributed by atoms with E-state index in [0.29, 0.717) is 25.5 Å². The Balaban J connectivity index is 1.79. The molecular weight excluding hydrogens is 404 g/mol. The number of carbonyl (C=O) groups is 1. The van der Waals surface area contributed by atoms with Crippen LogP contribution in [0.15, 0.2) is 24.3 Å². The van der Waals surface area contributed by atoms with E-state index in [1.54, 1.807) is 14.2 Å². The van der Waals surface area contributed by atoms with E-state index < -0.39 is 5.60 Å². The molecule has 0 radical (unpaired) electrons. The molecule has 6 heteroatoms. The Morgan fingerprint density at radius 1 is 1.16 bits per heavy atom. The van der Waals surface area contributed by atoms with Crippen LogP contribution in [0.2, 0.25) is 0 Å². The lowest BCUT2D eigenvalue weighted by molar-refractivity contribution is -0.123. The van der Waals surface area contributed by atoms with Crippen LogP contribution in [-0.4, -0.2) is 50.0 Å². The van der Waals surface area contributed by atoms with Gasteiger partial charge in [0.25, 0.3) is 0 Å². The average Bonchev–Trinajstić information content (AvgIpc) is 2.97. The van der Waals surface area contributed by atoms with Crippen molar-refractivity contribution in [1.29, 1.82) is 0 Å². The van der Waals surface area contributed by atoms with Crippen LogP contribution in [0.4, 0.5) is 0 Å². The number of hydrogen-bond donors (Lipinski definition) is 3. The number of aliphatic hydroxyl groups is 1. The maximum atomic E-state index is 12.6. The molecular formula is C26H42N2O4. The minimum absolute atomic E-state index is 0.00759. The normalized spacial score (nSPS) is 31.2. The molecule has 2 aliphatic carbocycles. The molecule has 32 heavy (non-hydrogen) atoms. The second kappa shape index (κ2) is 10.1. The van der Waals surface area contributed by atoms with E-state index >= 15 is 0 Å². The van der Waals surface area contributed by atoms with Gasteiger partial charge in [-0.25, -0.2) is 0 Å². The summed E-state index contributed by atoms with van der Waals surface area (Å²) in [4.78, 5) is 12.6. The number of benzene rings is 1. The highest BCUT2D eigenvalue weighted by atomic mass is 16.5. The van der Waals surface area contributed by atoms with Crippen LogP contribution in [0.3, 0.4) is 0 Å². The maximum absolute atomic E-state index is 12.6. The largest absolute Gasteiger partial charge is 0.496 e. The number of fused-ring (bicyclic) bond motifs is 1. The summed E-state index contributed by atoms with van der Waals surface area (Å²) >= 11 is 0. The Morgan fingerprint density at radius 3 is 2.62 bits per heavy atom. The van der Waals surface area contributed by atoms with Crippen LogP contribution < -0.4 is 15.4 Å². The second-order valence-corrected chi connectivity index (χ2v) is 10.8. The van der Waals surface area contributed by atoms with Crippen molar-refractivity contribution in [2.45, 2.75) is 77.5 Å². The van der Waals surface area contributed by atoms with E-state index in [2.05, 4.69) is 30.5 Å². The minimum atomic E-state index is -0.635. The summed E-state index contributed by atoms with van der Waals surface area (Å²) in [6, 6.07) is 8.42. The van der Waals surface area contributed by atoms with Gasteiger partial charge in [0.05, 0.1) is 19.3 Å². The van der Waals surface area contributed by atoms with Gasteiger partial charge in [0.2, 0.25) is 5.91 Å². The first-order valence-corrected chi connectivity index (χ1v) is 12.0. The molecule has 2 aliphatic rings. The average molecular weight is 447 g/mol. The molecule has 180 valence electrons. The van der Waals surface area contributed by atoms with Crippen molar-refractivity contribution in [3.05, 3.63) is 29.8 Å². The molecule has 2 saturated carbocycles. The summed E-state index contributed by atoms with van der Waals surface area (Å²) in [7, 11) is 3.35. The first-order valence-electron chi connectivity index (χ1n) is 12.0. The fraction of sp³-hybridized carbons (Fsp3) is 0.731. The van der Waals surface area contributed by atoms with Crippen LogP contribution in [0.1, 0.15) is 64.9 Å². The molecule has 0 heterocycles. The van der Waals surface area contributed by atoms with Crippen LogP contribution in [-0.2, 0) is 16.1 Å². The molecule has 1 amide bonds. The standard InChI is InChI=1S/C26H42N2O4/c1-24(2)17-22(28-18-19-8-6-7-9-20(19)32-5)26(11-10-23(29)27-14-15-31-4)13-12-25(3,30)16-21(24)26/h6-9,21-22,28,30H,10-18H2,1-5H3,(H,27,29). The zero-order valence-corrected chi connectivity index (χ0v) is 20.5. The van der Waals surface area contributed by atoms with E-state index in [4.69, 9.17) is 9.47 Å². The molecule has 3 rings (SSSR count). The van der Waals surface area contributed by atoms with E-state index in [9.17, 15) is 9.90 Å². The lowest BCUT2D eigenvalue weighted by Gasteiger charge is -2.51. The van der Waals surface area contributed by atoms with Crippen LogP contribution in [0, 0.1) is 16.7 Å². The maximum Gasteiger partial charge on any atom is 0.220 e. The molecule has 6 nitrogen and oxygen atoms in total. The highest BCUT2D eigenvalue weighted by Crippen LogP contribution is 2.63. The van der Waals surface area contributed by atoms with Crippen LogP contribution in [0.25, 0.3) is 0 Å². The summed E-state index contributed by atoms with van der Waals surface area (Å²) in [5.74, 6) is 1.34. The first kappa shape index (κ1) is 25.0. The second-order valence-electron chi connectivity index (χ2n) is 10.8. The summed E-state index contributed by atoms with van der Waals surface area (Å²) in [6.45, 7) is 8.43. The quantitative estimate of drug-likeness (QED) is 0.478. The Bertz CT molecular complexity index is 779. The smallest absolute Gasteiger partial charge is 0.220 e. The third-order valence-corrected chi connectivity index (χ3v) is 8.01. The van der Waals surface area contributed by atoms with Crippen molar-refractivity contribution in [3.63, 3.8) is 0 Å². The van der Waals surface area contributed by atoms with Crippen molar-refractivity contribution in [1.82, 2.24) is 10.6 Å². The predicted molar refractivity (Wildman–Crippen MR) is 127 cm³/mol. The lowest BCUT2D eigenvalue weighted by atomic mass is 9.57. The molecule has 0 bridgehead atoms. The lowest BCUT2D eigenvalue weighted by Crippen LogP contribution is -2.51. The molecule has 1 aromatic carbocycles. The topological polar surface area (TPSA) is 79.8 Å². The van der Waals surface area contributed by atoms with Crippen molar-refractivity contribution >= 4 is 5.91 Å². The molecule has 2 fully saturated rings. The van der Waals surface area contributed by atoms with E-state index in [0.717, 1.165) is 50.0 Å². The van der Waals surface area contributed by atoms with Gasteiger partial charge >= 0.3 is 0 Å². The van der Waals surface area contributed by atoms with Crippen LogP contribution in [0.5, 0.6) is 5.75 Å². The number of ether oxygens (including phenoxy) is 2. The predicted octanol–water partition coefficient (Wildman–Crippen LogP) is 3.66. The molecule has 4 atom stereocenters. The van der Waals surface area contributed by atoms with Gasteiger partial charge in [0.15, 0.2) is 0 Å². The first-order chi connectivity index (χ1) is 15.1. The summed E-state index contributed by atoms with van der Waals surface area (Å²) in [5.41, 5.74) is 0.595. The zero-order valence-electron chi connectivity index (χ0n) is 20.5. The summed E-state index contributed by atoms with van der Waals surface area (Å²) < 4.78 is 10.6. The molecule has 3 N–H and O–H groups in total. The number of nitrogens with one attached hydrogen (secondary N) is 2. The zero-order chi connectivity index (χ0) is 23.4. The molecule has 0 aromatic heterocycles. The van der Waals surface area contributed by atoms with Gasteiger partial charge in [-0.05, 0) is 61.8 Å². The number of rotatable bonds is 10. The van der Waals surface area contributed by atoms with Crippen molar-refractivity contribution < 1.29 is 19.4 Å². The van der Waals surface area contributed by atoms with E-state index in [1.165, 1.54) is 0 Å². The number of amides is 1. The highest BCUT2D eigenvalue weighted by Gasteiger charge is 2.61. The number of methoxy groups -OCH3 is 2. The number of para-hydroxylation sites is 1. The molecule has 4 unspecified atom stereocenters. The molecule has 0 aliphatic heterocycles. The van der Waals surface area contributed by atoms with Crippen molar-refractivity contribution in [3.8, 4) is 5.75 Å². The van der Waals surface area contributed by atoms with Gasteiger partial charge in [0.1, 0.15) is 5.75 Å². The fourth-order valence-electron chi connectivity index (χ4n) is 6.32. The van der Waals surface area contributed by atoms with E-state index in [1.807, 2.05) is 25.1 Å². The van der Waals surface area contributed by atoms with Gasteiger partial charge < -0.3 is 25.2 Å². The number of hydrogen-bond acceptors (Lipinski definition) is 5. The third-order valence-electron chi connectivity index (χ3n) is 8.01. The Kier molecular flexibility index (Phi) is 7.89. The monoisotopic (exact) mass is 446 g/mol. The summed E-state index contributed by atoms with van der Waals surface area (Å²) in [6.07, 6.45) is 4.87. The number of carbonyl (C=O) groups excluding carboxylic acids is 1. The van der Waals surface area contributed by atoms with Crippen molar-refractivity contribution in [2.24, 2.45) is 16.7 Å².